The summed E-state index contributed by atoms with van der Waals surface area (Å²) in [7, 11) is 0. The Morgan fingerprint density at radius 3 is 2.95 bits per heavy atom. The van der Waals surface area contributed by atoms with E-state index in [0.29, 0.717) is 0 Å². The van der Waals surface area contributed by atoms with Crippen LogP contribution in [0.3, 0.4) is 0 Å². The van der Waals surface area contributed by atoms with Crippen LogP contribution >= 0.6 is 11.8 Å². The van der Waals surface area contributed by atoms with Crippen molar-refractivity contribution in [2.24, 2.45) is 5.16 Å². The van der Waals surface area contributed by atoms with Gasteiger partial charge in [-0.3, -0.25) is 0 Å². The maximum Gasteiger partial charge on any atom is 0.214 e. The second-order valence-electron chi connectivity index (χ2n) is 4.30. The van der Waals surface area contributed by atoms with Crippen molar-refractivity contribution < 1.29 is 5.21 Å². The van der Waals surface area contributed by atoms with Crippen LogP contribution in [0.2, 0.25) is 0 Å². The highest BCUT2D eigenvalue weighted by molar-refractivity contribution is 8.00. The number of aromatic nitrogens is 4. The smallest absolute Gasteiger partial charge is 0.214 e. The lowest BCUT2D eigenvalue weighted by Gasteiger charge is -2.09. The molecule has 1 aromatic heterocycles. The van der Waals surface area contributed by atoms with Gasteiger partial charge in [-0.05, 0) is 41.8 Å². The molecule has 0 amide bonds. The lowest BCUT2D eigenvalue weighted by Crippen LogP contribution is -2.11. The van der Waals surface area contributed by atoms with E-state index in [2.05, 4.69) is 20.7 Å². The summed E-state index contributed by atoms with van der Waals surface area (Å²) in [5.41, 5.74) is 1.75. The predicted molar refractivity (Wildman–Crippen MR) is 71.9 cm³/mol. The first kappa shape index (κ1) is 12.2. The first-order valence-electron chi connectivity index (χ1n) is 6.10. The van der Waals surface area contributed by atoms with E-state index >= 15 is 0 Å². The number of nitrogens with zero attached hydrogens (tertiary/aromatic N) is 5. The number of para-hydroxylation sites is 1. The van der Waals surface area contributed by atoms with Gasteiger partial charge in [0.1, 0.15) is 0 Å². The van der Waals surface area contributed by atoms with E-state index in [4.69, 9.17) is 5.21 Å². The maximum atomic E-state index is 8.97. The molecule has 1 aromatic carbocycles. The van der Waals surface area contributed by atoms with Gasteiger partial charge >= 0.3 is 0 Å². The number of tetrazole rings is 1. The van der Waals surface area contributed by atoms with Crippen molar-refractivity contribution in [2.45, 2.75) is 29.7 Å². The molecule has 1 aliphatic carbocycles. The molecule has 0 saturated heterocycles. The highest BCUT2D eigenvalue weighted by Gasteiger charge is 2.26. The van der Waals surface area contributed by atoms with Crippen molar-refractivity contribution in [2.75, 3.05) is 0 Å². The van der Waals surface area contributed by atoms with E-state index < -0.39 is 0 Å². The second kappa shape index (κ2) is 5.40. The van der Waals surface area contributed by atoms with Gasteiger partial charge in [0.15, 0.2) is 0 Å². The van der Waals surface area contributed by atoms with Gasteiger partial charge < -0.3 is 5.21 Å². The van der Waals surface area contributed by atoms with Gasteiger partial charge in [-0.2, -0.15) is 4.68 Å². The van der Waals surface area contributed by atoms with Crippen LogP contribution < -0.4 is 0 Å². The lowest BCUT2D eigenvalue weighted by atomic mass is 10.3. The summed E-state index contributed by atoms with van der Waals surface area (Å²) in [5.74, 6) is 0. The molecule has 2 aromatic rings. The molecule has 1 atom stereocenters. The van der Waals surface area contributed by atoms with Gasteiger partial charge in [0.2, 0.25) is 5.16 Å². The first-order chi connectivity index (χ1) is 9.38. The van der Waals surface area contributed by atoms with E-state index in [9.17, 15) is 0 Å². The average molecular weight is 275 g/mol. The molecule has 0 spiro atoms. The zero-order valence-corrected chi connectivity index (χ0v) is 11.0. The Morgan fingerprint density at radius 2 is 2.16 bits per heavy atom. The molecule has 1 fully saturated rings. The van der Waals surface area contributed by atoms with Gasteiger partial charge in [0.25, 0.3) is 0 Å². The molecule has 1 N–H and O–H groups in total. The van der Waals surface area contributed by atoms with E-state index in [1.54, 1.807) is 16.4 Å². The summed E-state index contributed by atoms with van der Waals surface area (Å²) in [6.45, 7) is 0. The summed E-state index contributed by atoms with van der Waals surface area (Å²) >= 11 is 1.55. The van der Waals surface area contributed by atoms with Crippen LogP contribution in [0.1, 0.15) is 19.3 Å². The van der Waals surface area contributed by atoms with Gasteiger partial charge in [0.05, 0.1) is 16.6 Å². The number of hydrogen-bond donors (Lipinski definition) is 1. The molecule has 98 valence electrons. The van der Waals surface area contributed by atoms with Gasteiger partial charge in [-0.15, -0.1) is 5.10 Å². The second-order valence-corrected chi connectivity index (χ2v) is 5.47. The normalized spacial score (nSPS) is 21.1. The van der Waals surface area contributed by atoms with Crippen LogP contribution in [-0.2, 0) is 0 Å². The monoisotopic (exact) mass is 275 g/mol. The average Bonchev–Trinajstić information content (AvgIpc) is 3.09. The van der Waals surface area contributed by atoms with Gasteiger partial charge in [-0.25, -0.2) is 0 Å². The van der Waals surface area contributed by atoms with Crippen molar-refractivity contribution >= 4 is 17.5 Å². The van der Waals surface area contributed by atoms with E-state index in [1.807, 2.05) is 30.3 Å². The molecule has 1 aliphatic rings. The predicted octanol–water partition coefficient (Wildman–Crippen LogP) is 2.14. The standard InChI is InChI=1S/C12H13N5OS/c18-14-10-7-4-8-11(10)19-12-13-15-16-17(12)9-5-2-1-3-6-9/h1-3,5-6,11,18H,4,7-8H2/b14-10+. The third-order valence-corrected chi connectivity index (χ3v) is 4.35. The molecule has 19 heavy (non-hydrogen) atoms. The third-order valence-electron chi connectivity index (χ3n) is 3.09. The fraction of sp³-hybridized carbons (Fsp3) is 0.333. The highest BCUT2D eigenvalue weighted by Crippen LogP contribution is 2.32. The SMILES string of the molecule is O/N=C1\CCCC1Sc1nnnn1-c1ccccc1. The topological polar surface area (TPSA) is 76.2 Å². The van der Waals surface area contributed by atoms with Crippen LogP contribution in [0, 0.1) is 0 Å². The first-order valence-corrected chi connectivity index (χ1v) is 6.98. The molecule has 0 aliphatic heterocycles. The van der Waals surface area contributed by atoms with Crippen LogP contribution in [0.5, 0.6) is 0 Å². The number of oxime groups is 1. The van der Waals surface area contributed by atoms with Crippen LogP contribution in [0.15, 0.2) is 40.6 Å². The minimum absolute atomic E-state index is 0.165. The summed E-state index contributed by atoms with van der Waals surface area (Å²) in [6, 6.07) is 9.75. The Labute approximate surface area is 114 Å². The van der Waals surface area contributed by atoms with E-state index in [-0.39, 0.29) is 5.25 Å². The molecule has 1 saturated carbocycles. The van der Waals surface area contributed by atoms with Gasteiger partial charge in [-0.1, -0.05) is 35.1 Å². The van der Waals surface area contributed by atoms with Gasteiger partial charge in [0, 0.05) is 0 Å². The molecular weight excluding hydrogens is 262 g/mol. The van der Waals surface area contributed by atoms with E-state index in [0.717, 1.165) is 35.8 Å². The fourth-order valence-corrected chi connectivity index (χ4v) is 3.31. The Hall–Kier alpha value is -1.89. The zero-order valence-electron chi connectivity index (χ0n) is 10.2. The molecule has 1 heterocycles. The molecule has 7 heteroatoms. The highest BCUT2D eigenvalue weighted by atomic mass is 32.2. The summed E-state index contributed by atoms with van der Waals surface area (Å²) in [6.07, 6.45) is 2.89. The Balaban J connectivity index is 1.85. The minimum atomic E-state index is 0.165. The van der Waals surface area contributed by atoms with Crippen molar-refractivity contribution in [1.82, 2.24) is 20.2 Å². The number of rotatable bonds is 3. The van der Waals surface area contributed by atoms with E-state index in [1.165, 1.54) is 0 Å². The Morgan fingerprint density at radius 1 is 1.32 bits per heavy atom. The molecule has 6 nitrogen and oxygen atoms in total. The summed E-state index contributed by atoms with van der Waals surface area (Å²) < 4.78 is 1.71. The number of thioether (sulfide) groups is 1. The lowest BCUT2D eigenvalue weighted by molar-refractivity contribution is 0.317. The molecule has 3 rings (SSSR count). The molecule has 1 unspecified atom stereocenters. The van der Waals surface area contributed by atoms with Crippen LogP contribution in [0.4, 0.5) is 0 Å². The quantitative estimate of drug-likeness (QED) is 0.686. The summed E-state index contributed by atoms with van der Waals surface area (Å²) in [5, 5.41) is 25.0. The number of benzene rings is 1. The van der Waals surface area contributed by atoms with Crippen LogP contribution in [0.25, 0.3) is 5.69 Å². The third kappa shape index (κ3) is 2.46. The Bertz CT molecular complexity index is 583. The van der Waals surface area contributed by atoms with Crippen molar-refractivity contribution in [3.05, 3.63) is 30.3 Å². The molecular formula is C12H13N5OS. The van der Waals surface area contributed by atoms with Crippen molar-refractivity contribution in [3.63, 3.8) is 0 Å². The Kier molecular flexibility index (Phi) is 3.45. The molecule has 0 radical (unpaired) electrons. The largest absolute Gasteiger partial charge is 0.411 e. The van der Waals surface area contributed by atoms with Crippen LogP contribution in [-0.4, -0.2) is 36.4 Å². The van der Waals surface area contributed by atoms with Crippen molar-refractivity contribution in [3.8, 4) is 5.69 Å². The van der Waals surface area contributed by atoms with Crippen molar-refractivity contribution in [1.29, 1.82) is 0 Å². The zero-order chi connectivity index (χ0) is 13.1. The maximum absolute atomic E-state index is 8.97. The minimum Gasteiger partial charge on any atom is -0.411 e. The fourth-order valence-electron chi connectivity index (χ4n) is 2.15. The molecule has 0 bridgehead atoms. The summed E-state index contributed by atoms with van der Waals surface area (Å²) in [4.78, 5) is 0. The number of hydrogen-bond acceptors (Lipinski definition) is 6.